The van der Waals surface area contributed by atoms with Gasteiger partial charge in [-0.15, -0.1) is 0 Å². The van der Waals surface area contributed by atoms with E-state index in [4.69, 9.17) is 5.21 Å². The van der Waals surface area contributed by atoms with E-state index in [0.29, 0.717) is 5.82 Å². The standard InChI is InChI=1S/C10H11N3O/c1-2-13-9-6-4-3-5-8(9)12-10(13)7-11-14/h3-7,14H,2H2,1H3. The molecule has 14 heavy (non-hydrogen) atoms. The Bertz CT molecular complexity index is 473. The highest BCUT2D eigenvalue weighted by Crippen LogP contribution is 2.14. The Hall–Kier alpha value is -1.84. The zero-order valence-electron chi connectivity index (χ0n) is 7.88. The van der Waals surface area contributed by atoms with Crippen LogP contribution < -0.4 is 0 Å². The average Bonchev–Trinajstić information content (AvgIpc) is 2.55. The van der Waals surface area contributed by atoms with Crippen molar-refractivity contribution in [2.75, 3.05) is 0 Å². The molecule has 0 atom stereocenters. The van der Waals surface area contributed by atoms with E-state index in [-0.39, 0.29) is 0 Å². The summed E-state index contributed by atoms with van der Waals surface area (Å²) in [5.74, 6) is 0.677. The number of aromatic nitrogens is 2. The van der Waals surface area contributed by atoms with Gasteiger partial charge in [-0.1, -0.05) is 17.3 Å². The maximum atomic E-state index is 8.48. The molecule has 0 saturated carbocycles. The molecule has 72 valence electrons. The van der Waals surface area contributed by atoms with E-state index in [1.807, 2.05) is 35.8 Å². The van der Waals surface area contributed by atoms with Gasteiger partial charge in [0, 0.05) is 6.54 Å². The number of aryl methyl sites for hydroxylation is 1. The van der Waals surface area contributed by atoms with E-state index in [1.54, 1.807) is 0 Å². The van der Waals surface area contributed by atoms with Crippen molar-refractivity contribution >= 4 is 17.2 Å². The highest BCUT2D eigenvalue weighted by molar-refractivity contribution is 5.84. The van der Waals surface area contributed by atoms with E-state index in [9.17, 15) is 0 Å². The molecule has 4 nitrogen and oxygen atoms in total. The van der Waals surface area contributed by atoms with Gasteiger partial charge in [-0.3, -0.25) is 0 Å². The first-order valence-electron chi connectivity index (χ1n) is 4.49. The van der Waals surface area contributed by atoms with Crippen LogP contribution in [0.4, 0.5) is 0 Å². The van der Waals surface area contributed by atoms with Gasteiger partial charge < -0.3 is 9.77 Å². The molecule has 0 aliphatic carbocycles. The van der Waals surface area contributed by atoms with Gasteiger partial charge in [0.1, 0.15) is 6.21 Å². The molecule has 1 aromatic carbocycles. The molecule has 2 aromatic rings. The highest BCUT2D eigenvalue weighted by atomic mass is 16.4. The second-order valence-corrected chi connectivity index (χ2v) is 2.95. The van der Waals surface area contributed by atoms with Crippen molar-refractivity contribution in [1.29, 1.82) is 0 Å². The molecule has 0 unspecified atom stereocenters. The molecule has 0 saturated heterocycles. The van der Waals surface area contributed by atoms with E-state index in [0.717, 1.165) is 17.6 Å². The van der Waals surface area contributed by atoms with Crippen LogP contribution in [-0.4, -0.2) is 21.0 Å². The third-order valence-corrected chi connectivity index (χ3v) is 2.17. The van der Waals surface area contributed by atoms with Crippen LogP contribution >= 0.6 is 0 Å². The summed E-state index contributed by atoms with van der Waals surface area (Å²) in [5.41, 5.74) is 1.98. The van der Waals surface area contributed by atoms with Crippen LogP contribution in [0.15, 0.2) is 29.4 Å². The number of para-hydroxylation sites is 2. The van der Waals surface area contributed by atoms with Gasteiger partial charge in [0.15, 0.2) is 5.82 Å². The molecule has 2 rings (SSSR count). The third-order valence-electron chi connectivity index (χ3n) is 2.17. The fourth-order valence-electron chi connectivity index (χ4n) is 1.58. The van der Waals surface area contributed by atoms with E-state index in [1.165, 1.54) is 6.21 Å². The number of imidazole rings is 1. The number of nitrogens with zero attached hydrogens (tertiary/aromatic N) is 3. The molecule has 4 heteroatoms. The predicted octanol–water partition coefficient (Wildman–Crippen LogP) is 1.86. The number of benzene rings is 1. The van der Waals surface area contributed by atoms with Crippen molar-refractivity contribution in [3.05, 3.63) is 30.1 Å². The van der Waals surface area contributed by atoms with Crippen LogP contribution in [-0.2, 0) is 6.54 Å². The third kappa shape index (κ3) is 1.25. The Morgan fingerprint density at radius 1 is 1.50 bits per heavy atom. The van der Waals surface area contributed by atoms with Crippen molar-refractivity contribution in [3.8, 4) is 0 Å². The van der Waals surface area contributed by atoms with Crippen LogP contribution in [0.3, 0.4) is 0 Å². The minimum Gasteiger partial charge on any atom is -0.411 e. The maximum absolute atomic E-state index is 8.48. The van der Waals surface area contributed by atoms with Crippen LogP contribution in [0.25, 0.3) is 11.0 Å². The molecule has 0 fully saturated rings. The zero-order chi connectivity index (χ0) is 9.97. The maximum Gasteiger partial charge on any atom is 0.155 e. The number of oxime groups is 1. The first-order chi connectivity index (χ1) is 6.86. The second kappa shape index (κ2) is 3.49. The summed E-state index contributed by atoms with van der Waals surface area (Å²) in [6.45, 7) is 2.84. The SMILES string of the molecule is CCn1c(C=NO)nc2ccccc21. The monoisotopic (exact) mass is 189 g/mol. The molecule has 1 N–H and O–H groups in total. The summed E-state index contributed by atoms with van der Waals surface area (Å²) >= 11 is 0. The highest BCUT2D eigenvalue weighted by Gasteiger charge is 2.05. The fraction of sp³-hybridized carbons (Fsp3) is 0.200. The van der Waals surface area contributed by atoms with Crippen molar-refractivity contribution in [2.24, 2.45) is 5.16 Å². The number of hydrogen-bond acceptors (Lipinski definition) is 3. The van der Waals surface area contributed by atoms with Gasteiger partial charge in [-0.05, 0) is 19.1 Å². The Morgan fingerprint density at radius 2 is 2.29 bits per heavy atom. The number of fused-ring (bicyclic) bond motifs is 1. The molecule has 0 spiro atoms. The lowest BCUT2D eigenvalue weighted by Crippen LogP contribution is -2.00. The zero-order valence-corrected chi connectivity index (χ0v) is 7.88. The normalized spacial score (nSPS) is 11.5. The van der Waals surface area contributed by atoms with E-state index in [2.05, 4.69) is 10.1 Å². The van der Waals surface area contributed by atoms with Crippen LogP contribution in [0, 0.1) is 0 Å². The molecular weight excluding hydrogens is 178 g/mol. The average molecular weight is 189 g/mol. The summed E-state index contributed by atoms with van der Waals surface area (Å²) in [5, 5.41) is 11.5. The Labute approximate surface area is 81.5 Å². The first kappa shape index (κ1) is 8.74. The number of rotatable bonds is 2. The molecular formula is C10H11N3O. The van der Waals surface area contributed by atoms with E-state index >= 15 is 0 Å². The van der Waals surface area contributed by atoms with Crippen molar-refractivity contribution in [3.63, 3.8) is 0 Å². The predicted molar refractivity (Wildman–Crippen MR) is 54.8 cm³/mol. The van der Waals surface area contributed by atoms with Gasteiger partial charge in [0.05, 0.1) is 11.0 Å². The molecule has 0 aliphatic rings. The van der Waals surface area contributed by atoms with Gasteiger partial charge >= 0.3 is 0 Å². The second-order valence-electron chi connectivity index (χ2n) is 2.95. The minimum absolute atomic E-state index is 0.677. The van der Waals surface area contributed by atoms with Crippen LogP contribution in [0.5, 0.6) is 0 Å². The number of hydrogen-bond donors (Lipinski definition) is 1. The Morgan fingerprint density at radius 3 is 3.00 bits per heavy atom. The Kier molecular flexibility index (Phi) is 2.18. The van der Waals surface area contributed by atoms with Crippen molar-refractivity contribution in [1.82, 2.24) is 9.55 Å². The summed E-state index contributed by atoms with van der Waals surface area (Å²) in [7, 11) is 0. The lowest BCUT2D eigenvalue weighted by atomic mass is 10.3. The molecule has 1 aromatic heterocycles. The van der Waals surface area contributed by atoms with Gasteiger partial charge in [-0.2, -0.15) is 0 Å². The molecule has 1 heterocycles. The van der Waals surface area contributed by atoms with Gasteiger partial charge in [0.25, 0.3) is 0 Å². The van der Waals surface area contributed by atoms with Crippen molar-refractivity contribution < 1.29 is 5.21 Å². The van der Waals surface area contributed by atoms with Crippen molar-refractivity contribution in [2.45, 2.75) is 13.5 Å². The first-order valence-corrected chi connectivity index (χ1v) is 4.49. The van der Waals surface area contributed by atoms with Gasteiger partial charge in [-0.25, -0.2) is 4.98 Å². The minimum atomic E-state index is 0.677. The van der Waals surface area contributed by atoms with Gasteiger partial charge in [0.2, 0.25) is 0 Å². The summed E-state index contributed by atoms with van der Waals surface area (Å²) in [6.07, 6.45) is 1.35. The Balaban J connectivity index is 2.72. The van der Waals surface area contributed by atoms with E-state index < -0.39 is 0 Å². The van der Waals surface area contributed by atoms with Crippen LogP contribution in [0.2, 0.25) is 0 Å². The summed E-state index contributed by atoms with van der Waals surface area (Å²) in [4.78, 5) is 4.33. The fourth-order valence-corrected chi connectivity index (χ4v) is 1.58. The topological polar surface area (TPSA) is 50.4 Å². The largest absolute Gasteiger partial charge is 0.411 e. The molecule has 0 bridgehead atoms. The molecule has 0 amide bonds. The molecule has 0 aliphatic heterocycles. The smallest absolute Gasteiger partial charge is 0.155 e. The van der Waals surface area contributed by atoms with Crippen LogP contribution in [0.1, 0.15) is 12.7 Å². The lowest BCUT2D eigenvalue weighted by Gasteiger charge is -2.00. The lowest BCUT2D eigenvalue weighted by molar-refractivity contribution is 0.321. The molecule has 0 radical (unpaired) electrons. The summed E-state index contributed by atoms with van der Waals surface area (Å²) in [6, 6.07) is 7.85. The summed E-state index contributed by atoms with van der Waals surface area (Å²) < 4.78 is 2.00. The quantitative estimate of drug-likeness (QED) is 0.445.